The van der Waals surface area contributed by atoms with Crippen molar-refractivity contribution in [1.29, 1.82) is 0 Å². The molecule has 35 heavy (non-hydrogen) atoms. The first-order valence-electron chi connectivity index (χ1n) is 11.6. The molecule has 1 fully saturated rings. The Balaban J connectivity index is 2.05. The normalized spacial score (nSPS) is 18.1. The molecular weight excluding hydrogens is 474 g/mol. The number of alkyl halides is 2. The molecule has 0 spiro atoms. The highest BCUT2D eigenvalue weighted by Gasteiger charge is 2.57. The molecule has 0 bridgehead atoms. The average Bonchev–Trinajstić information content (AvgIpc) is 3.32. The van der Waals surface area contributed by atoms with E-state index in [0.29, 0.717) is 21.9 Å². The van der Waals surface area contributed by atoms with E-state index in [0.717, 1.165) is 27.8 Å². The maximum Gasteiger partial charge on any atom is 0.339 e. The zero-order valence-electron chi connectivity index (χ0n) is 21.1. The van der Waals surface area contributed by atoms with Crippen LogP contribution in [0, 0.1) is 26.7 Å². The monoisotopic (exact) mass is 504 g/mol. The lowest BCUT2D eigenvalue weighted by Crippen LogP contribution is -2.29. The van der Waals surface area contributed by atoms with Gasteiger partial charge in [-0.15, -0.1) is 0 Å². The number of ether oxygens (including phenoxy) is 2. The molecule has 2 heterocycles. The van der Waals surface area contributed by atoms with Gasteiger partial charge in [0, 0.05) is 51.8 Å². The number of fused-ring (bicyclic) bond motifs is 1. The van der Waals surface area contributed by atoms with Gasteiger partial charge in [-0.2, -0.15) is 0 Å². The summed E-state index contributed by atoms with van der Waals surface area (Å²) >= 11 is 6.18. The van der Waals surface area contributed by atoms with Crippen LogP contribution in [0.1, 0.15) is 55.8 Å². The van der Waals surface area contributed by atoms with Crippen molar-refractivity contribution in [3.63, 3.8) is 0 Å². The number of esters is 1. The molecule has 188 valence electrons. The summed E-state index contributed by atoms with van der Waals surface area (Å²) in [6.45, 7) is 11.5. The number of hydrogen-bond acceptors (Lipinski definition) is 4. The van der Waals surface area contributed by atoms with Crippen molar-refractivity contribution in [1.82, 2.24) is 9.55 Å². The quantitative estimate of drug-likeness (QED) is 0.340. The topological polar surface area (TPSA) is 53.4 Å². The molecule has 2 aromatic heterocycles. The fourth-order valence-electron chi connectivity index (χ4n) is 4.63. The fraction of sp³-hybridized carbons (Fsp3) is 0.481. The SMILES string of the molecule is COC(=O)C(OC(C)(C)C)c1c(C)nc2c(c(C)c(C)n2CC2CC2(F)F)c1-c1ccc(Cl)cc1. The summed E-state index contributed by atoms with van der Waals surface area (Å²) in [6.07, 6.45) is -1.14. The molecule has 0 aliphatic heterocycles. The first kappa shape index (κ1) is 25.6. The van der Waals surface area contributed by atoms with Gasteiger partial charge in [-0.1, -0.05) is 23.7 Å². The third-order valence-electron chi connectivity index (χ3n) is 6.63. The van der Waals surface area contributed by atoms with Crippen LogP contribution in [0.15, 0.2) is 24.3 Å². The number of aromatic nitrogens is 2. The van der Waals surface area contributed by atoms with E-state index in [2.05, 4.69) is 0 Å². The summed E-state index contributed by atoms with van der Waals surface area (Å²) in [6, 6.07) is 7.33. The summed E-state index contributed by atoms with van der Waals surface area (Å²) in [5.74, 6) is -3.88. The second kappa shape index (κ2) is 8.86. The number of rotatable bonds is 6. The number of methoxy groups -OCH3 is 1. The van der Waals surface area contributed by atoms with E-state index in [1.807, 2.05) is 58.2 Å². The van der Waals surface area contributed by atoms with Gasteiger partial charge in [-0.05, 0) is 64.8 Å². The maximum atomic E-state index is 13.8. The van der Waals surface area contributed by atoms with E-state index < -0.39 is 29.5 Å². The molecule has 0 amide bonds. The van der Waals surface area contributed by atoms with E-state index in [1.54, 1.807) is 12.1 Å². The lowest BCUT2D eigenvalue weighted by molar-refractivity contribution is -0.164. The average molecular weight is 505 g/mol. The highest BCUT2D eigenvalue weighted by molar-refractivity contribution is 6.30. The molecule has 8 heteroatoms. The molecule has 1 aliphatic rings. The zero-order valence-corrected chi connectivity index (χ0v) is 21.9. The van der Waals surface area contributed by atoms with Gasteiger partial charge < -0.3 is 14.0 Å². The van der Waals surface area contributed by atoms with E-state index in [-0.39, 0.29) is 13.0 Å². The van der Waals surface area contributed by atoms with Gasteiger partial charge in [0.05, 0.1) is 12.7 Å². The lowest BCUT2D eigenvalue weighted by Gasteiger charge is -2.29. The standard InChI is InChI=1S/C27H31ClF2N2O3/c1-14-16(3)32(13-18-12-27(18,29)30)24-20(14)22(17-8-10-19(28)11-9-17)21(15(2)31-24)23(25(33)34-7)35-26(4,5)6/h8-11,18,23H,12-13H2,1-7H3. The van der Waals surface area contributed by atoms with Gasteiger partial charge in [0.15, 0.2) is 6.10 Å². The predicted octanol–water partition coefficient (Wildman–Crippen LogP) is 6.97. The van der Waals surface area contributed by atoms with Crippen LogP contribution in [-0.4, -0.2) is 34.2 Å². The number of pyridine rings is 1. The van der Waals surface area contributed by atoms with Crippen LogP contribution in [0.3, 0.4) is 0 Å². The Kier molecular flexibility index (Phi) is 6.47. The molecule has 5 nitrogen and oxygen atoms in total. The third-order valence-corrected chi connectivity index (χ3v) is 6.88. The van der Waals surface area contributed by atoms with Crippen LogP contribution >= 0.6 is 11.6 Å². The Bertz CT molecular complexity index is 1290. The Labute approximate surface area is 209 Å². The van der Waals surface area contributed by atoms with Crippen LogP contribution in [-0.2, 0) is 20.8 Å². The van der Waals surface area contributed by atoms with Gasteiger partial charge in [-0.3, -0.25) is 0 Å². The number of benzene rings is 1. The van der Waals surface area contributed by atoms with Gasteiger partial charge in [-0.25, -0.2) is 18.6 Å². The van der Waals surface area contributed by atoms with E-state index in [4.69, 9.17) is 26.1 Å². The largest absolute Gasteiger partial charge is 0.467 e. The Morgan fingerprint density at radius 1 is 1.23 bits per heavy atom. The molecule has 2 unspecified atom stereocenters. The van der Waals surface area contributed by atoms with Crippen molar-refractivity contribution in [2.75, 3.05) is 7.11 Å². The number of carbonyl (C=O) groups excluding carboxylic acids is 1. The van der Waals surface area contributed by atoms with Crippen LogP contribution in [0.5, 0.6) is 0 Å². The summed E-state index contributed by atoms with van der Waals surface area (Å²) in [4.78, 5) is 17.9. The fourth-order valence-corrected chi connectivity index (χ4v) is 4.76. The van der Waals surface area contributed by atoms with Crippen LogP contribution in [0.25, 0.3) is 22.2 Å². The minimum absolute atomic E-state index is 0.115. The number of carbonyl (C=O) groups is 1. The molecule has 3 aromatic rings. The van der Waals surface area contributed by atoms with Gasteiger partial charge in [0.25, 0.3) is 5.92 Å². The minimum Gasteiger partial charge on any atom is -0.467 e. The number of nitrogens with zero attached hydrogens (tertiary/aromatic N) is 2. The maximum absolute atomic E-state index is 13.8. The molecule has 0 N–H and O–H groups in total. The minimum atomic E-state index is -2.64. The lowest BCUT2D eigenvalue weighted by atomic mass is 9.91. The van der Waals surface area contributed by atoms with Crippen molar-refractivity contribution in [2.24, 2.45) is 5.92 Å². The molecule has 0 radical (unpaired) electrons. The molecular formula is C27H31ClF2N2O3. The van der Waals surface area contributed by atoms with Crippen molar-refractivity contribution in [3.8, 4) is 11.1 Å². The van der Waals surface area contributed by atoms with Crippen LogP contribution in [0.4, 0.5) is 8.78 Å². The van der Waals surface area contributed by atoms with Gasteiger partial charge >= 0.3 is 5.97 Å². The predicted molar refractivity (Wildman–Crippen MR) is 133 cm³/mol. The van der Waals surface area contributed by atoms with E-state index in [1.165, 1.54) is 7.11 Å². The Morgan fingerprint density at radius 2 is 1.83 bits per heavy atom. The van der Waals surface area contributed by atoms with Crippen molar-refractivity contribution >= 4 is 28.6 Å². The summed E-state index contributed by atoms with van der Waals surface area (Å²) < 4.78 is 40.9. The van der Waals surface area contributed by atoms with Gasteiger partial charge in [0.1, 0.15) is 5.65 Å². The van der Waals surface area contributed by atoms with Crippen molar-refractivity contribution in [2.45, 2.75) is 72.1 Å². The molecule has 2 atom stereocenters. The second-order valence-corrected chi connectivity index (χ2v) is 10.7. The van der Waals surface area contributed by atoms with Crippen molar-refractivity contribution < 1.29 is 23.0 Å². The van der Waals surface area contributed by atoms with Crippen molar-refractivity contribution in [3.05, 3.63) is 51.8 Å². The first-order valence-corrected chi connectivity index (χ1v) is 12.0. The summed E-state index contributed by atoms with van der Waals surface area (Å²) in [5.41, 5.74) is 4.52. The molecule has 4 rings (SSSR count). The third kappa shape index (κ3) is 4.81. The Hall–Kier alpha value is -2.51. The molecule has 1 aliphatic carbocycles. The zero-order chi connectivity index (χ0) is 25.9. The van der Waals surface area contributed by atoms with E-state index >= 15 is 0 Å². The van der Waals surface area contributed by atoms with Crippen LogP contribution in [0.2, 0.25) is 5.02 Å². The van der Waals surface area contributed by atoms with E-state index in [9.17, 15) is 13.6 Å². The summed E-state index contributed by atoms with van der Waals surface area (Å²) in [7, 11) is 1.33. The smallest absolute Gasteiger partial charge is 0.339 e. The number of halogens is 3. The summed E-state index contributed by atoms with van der Waals surface area (Å²) in [5, 5.41) is 1.38. The number of hydrogen-bond donors (Lipinski definition) is 0. The molecule has 0 saturated heterocycles. The Morgan fingerprint density at radius 3 is 2.34 bits per heavy atom. The molecule has 1 aromatic carbocycles. The second-order valence-electron chi connectivity index (χ2n) is 10.3. The highest BCUT2D eigenvalue weighted by atomic mass is 35.5. The number of aryl methyl sites for hydroxylation is 2. The van der Waals surface area contributed by atoms with Crippen LogP contribution < -0.4 is 0 Å². The first-order chi connectivity index (χ1) is 16.2. The van der Waals surface area contributed by atoms with Gasteiger partial charge in [0.2, 0.25) is 0 Å². The molecule has 1 saturated carbocycles. The highest BCUT2D eigenvalue weighted by Crippen LogP contribution is 2.50.